The number of hydrogen-bond donors (Lipinski definition) is 0. The molecule has 0 N–H and O–H groups in total. The van der Waals surface area contributed by atoms with Gasteiger partial charge in [-0.3, -0.25) is 9.78 Å². The molecule has 2 aromatic rings. The van der Waals surface area contributed by atoms with E-state index in [2.05, 4.69) is 20.9 Å². The minimum Gasteiger partial charge on any atom is -0.497 e. The molecule has 1 aromatic heterocycles. The van der Waals surface area contributed by atoms with Crippen LogP contribution in [0.1, 0.15) is 28.4 Å². The summed E-state index contributed by atoms with van der Waals surface area (Å²) in [6, 6.07) is 7.43. The molecule has 20 heavy (non-hydrogen) atoms. The molecule has 4 heteroatoms. The van der Waals surface area contributed by atoms with Gasteiger partial charge in [0.1, 0.15) is 5.75 Å². The quantitative estimate of drug-likeness (QED) is 0.780. The molecule has 3 nitrogen and oxygen atoms in total. The molecule has 0 bridgehead atoms. The van der Waals surface area contributed by atoms with Gasteiger partial charge in [-0.25, -0.2) is 0 Å². The van der Waals surface area contributed by atoms with Crippen molar-refractivity contribution in [3.8, 4) is 5.75 Å². The van der Waals surface area contributed by atoms with E-state index in [1.165, 1.54) is 0 Å². The maximum Gasteiger partial charge on any atom is 0.167 e. The predicted molar refractivity (Wildman–Crippen MR) is 82.3 cm³/mol. The lowest BCUT2D eigenvalue weighted by molar-refractivity contribution is 0.0992. The minimum absolute atomic E-state index is 0.0956. The highest BCUT2D eigenvalue weighted by Crippen LogP contribution is 2.24. The topological polar surface area (TPSA) is 39.2 Å². The number of nitrogens with zero attached hydrogens (tertiary/aromatic N) is 1. The van der Waals surface area contributed by atoms with E-state index in [0.717, 1.165) is 33.3 Å². The Balaban J connectivity index is 2.27. The summed E-state index contributed by atoms with van der Waals surface area (Å²) in [5, 5.41) is 0. The lowest BCUT2D eigenvalue weighted by atomic mass is 9.99. The summed E-state index contributed by atoms with van der Waals surface area (Å²) in [5.41, 5.74) is 2.65. The monoisotopic (exact) mass is 333 g/mol. The number of benzene rings is 1. The molecule has 0 radical (unpaired) electrons. The van der Waals surface area contributed by atoms with Crippen LogP contribution in [0, 0.1) is 0 Å². The Labute approximate surface area is 127 Å². The Kier molecular flexibility index (Phi) is 4.90. The molecular weight excluding hydrogens is 318 g/mol. The fraction of sp³-hybridized carbons (Fsp3) is 0.250. The number of aromatic nitrogens is 1. The van der Waals surface area contributed by atoms with Gasteiger partial charge in [0, 0.05) is 28.9 Å². The number of carbonyl (C=O) groups excluding carboxylic acids is 1. The van der Waals surface area contributed by atoms with Crippen molar-refractivity contribution in [2.75, 3.05) is 7.11 Å². The van der Waals surface area contributed by atoms with E-state index in [-0.39, 0.29) is 5.78 Å². The molecule has 0 saturated carbocycles. The van der Waals surface area contributed by atoms with Gasteiger partial charge in [0.2, 0.25) is 0 Å². The third-order valence-corrected chi connectivity index (χ3v) is 3.96. The first-order valence-electron chi connectivity index (χ1n) is 6.44. The van der Waals surface area contributed by atoms with Crippen LogP contribution in [0.25, 0.3) is 0 Å². The van der Waals surface area contributed by atoms with Crippen molar-refractivity contribution >= 4 is 21.7 Å². The Morgan fingerprint density at radius 2 is 2.10 bits per heavy atom. The summed E-state index contributed by atoms with van der Waals surface area (Å²) in [4.78, 5) is 16.5. The smallest absolute Gasteiger partial charge is 0.167 e. The number of carbonyl (C=O) groups is 1. The second-order valence-electron chi connectivity index (χ2n) is 4.44. The molecule has 2 rings (SSSR count). The maximum absolute atomic E-state index is 12.5. The van der Waals surface area contributed by atoms with Crippen LogP contribution in [-0.2, 0) is 12.8 Å². The average molecular weight is 334 g/mol. The van der Waals surface area contributed by atoms with Crippen molar-refractivity contribution in [3.63, 3.8) is 0 Å². The number of halogens is 1. The van der Waals surface area contributed by atoms with Crippen molar-refractivity contribution in [1.29, 1.82) is 0 Å². The van der Waals surface area contributed by atoms with Crippen LogP contribution < -0.4 is 4.74 Å². The largest absolute Gasteiger partial charge is 0.497 e. The number of methoxy groups -OCH3 is 1. The van der Waals surface area contributed by atoms with Gasteiger partial charge < -0.3 is 4.74 Å². The molecule has 1 aromatic carbocycles. The maximum atomic E-state index is 12.5. The number of ether oxygens (including phenoxy) is 1. The van der Waals surface area contributed by atoms with Crippen LogP contribution in [0.5, 0.6) is 5.75 Å². The van der Waals surface area contributed by atoms with Gasteiger partial charge in [-0.2, -0.15) is 0 Å². The van der Waals surface area contributed by atoms with E-state index < -0.39 is 0 Å². The fourth-order valence-electron chi connectivity index (χ4n) is 2.06. The van der Waals surface area contributed by atoms with Gasteiger partial charge in [0.25, 0.3) is 0 Å². The zero-order valence-electron chi connectivity index (χ0n) is 11.5. The molecule has 0 unspecified atom stereocenters. The van der Waals surface area contributed by atoms with Gasteiger partial charge in [0.15, 0.2) is 5.78 Å². The standard InChI is InChI=1S/C16H16BrNO2/c1-3-11-10-18-7-6-14(11)16(19)9-12-8-13(20-2)4-5-15(12)17/h4-8,10H,3,9H2,1-2H3. The van der Waals surface area contributed by atoms with Gasteiger partial charge in [-0.1, -0.05) is 22.9 Å². The van der Waals surface area contributed by atoms with Gasteiger partial charge >= 0.3 is 0 Å². The lowest BCUT2D eigenvalue weighted by Gasteiger charge is -2.09. The van der Waals surface area contributed by atoms with E-state index in [4.69, 9.17) is 4.74 Å². The molecule has 1 heterocycles. The molecular formula is C16H16BrNO2. The number of pyridine rings is 1. The number of aryl methyl sites for hydroxylation is 1. The van der Waals surface area contributed by atoms with Crippen LogP contribution in [-0.4, -0.2) is 17.9 Å². The third kappa shape index (κ3) is 3.25. The molecule has 0 aliphatic carbocycles. The number of Topliss-reactive ketones (excluding diaryl/α,β-unsaturated/α-hetero) is 1. The lowest BCUT2D eigenvalue weighted by Crippen LogP contribution is -2.08. The molecule has 104 valence electrons. The second kappa shape index (κ2) is 6.66. The molecule has 0 fully saturated rings. The van der Waals surface area contributed by atoms with E-state index in [0.29, 0.717) is 6.42 Å². The molecule has 0 spiro atoms. The van der Waals surface area contributed by atoms with Gasteiger partial charge in [-0.05, 0) is 41.8 Å². The molecule has 0 atom stereocenters. The van der Waals surface area contributed by atoms with E-state index in [1.807, 2.05) is 25.1 Å². The number of ketones is 1. The van der Waals surface area contributed by atoms with E-state index >= 15 is 0 Å². The average Bonchev–Trinajstić information content (AvgIpc) is 2.49. The predicted octanol–water partition coefficient (Wildman–Crippen LogP) is 3.84. The van der Waals surface area contributed by atoms with Crippen LogP contribution in [0.3, 0.4) is 0 Å². The van der Waals surface area contributed by atoms with Crippen LogP contribution in [0.2, 0.25) is 0 Å². The summed E-state index contributed by atoms with van der Waals surface area (Å²) >= 11 is 3.48. The summed E-state index contributed by atoms with van der Waals surface area (Å²) in [7, 11) is 1.62. The van der Waals surface area contributed by atoms with Crippen LogP contribution in [0.15, 0.2) is 41.1 Å². The minimum atomic E-state index is 0.0956. The zero-order chi connectivity index (χ0) is 14.5. The molecule has 0 aliphatic rings. The second-order valence-corrected chi connectivity index (χ2v) is 5.30. The molecule has 0 amide bonds. The van der Waals surface area contributed by atoms with E-state index in [9.17, 15) is 4.79 Å². The van der Waals surface area contributed by atoms with Gasteiger partial charge in [0.05, 0.1) is 7.11 Å². The first-order valence-corrected chi connectivity index (χ1v) is 7.23. The highest BCUT2D eigenvalue weighted by atomic mass is 79.9. The summed E-state index contributed by atoms with van der Waals surface area (Å²) in [6.07, 6.45) is 4.56. The van der Waals surface area contributed by atoms with Crippen molar-refractivity contribution in [1.82, 2.24) is 4.98 Å². The van der Waals surface area contributed by atoms with E-state index in [1.54, 1.807) is 25.6 Å². The highest BCUT2D eigenvalue weighted by Gasteiger charge is 2.13. The molecule has 0 aliphatic heterocycles. The van der Waals surface area contributed by atoms with Gasteiger partial charge in [-0.15, -0.1) is 0 Å². The Morgan fingerprint density at radius 1 is 1.30 bits per heavy atom. The van der Waals surface area contributed by atoms with Crippen LogP contribution >= 0.6 is 15.9 Å². The first-order chi connectivity index (χ1) is 9.65. The SMILES string of the molecule is CCc1cnccc1C(=O)Cc1cc(OC)ccc1Br. The number of rotatable bonds is 5. The third-order valence-electron chi connectivity index (χ3n) is 3.19. The summed E-state index contributed by atoms with van der Waals surface area (Å²) < 4.78 is 6.12. The Hall–Kier alpha value is -1.68. The zero-order valence-corrected chi connectivity index (χ0v) is 13.1. The fourth-order valence-corrected chi connectivity index (χ4v) is 2.45. The normalized spacial score (nSPS) is 10.3. The van der Waals surface area contributed by atoms with Crippen molar-refractivity contribution in [2.45, 2.75) is 19.8 Å². The Bertz CT molecular complexity index is 626. The van der Waals surface area contributed by atoms with Crippen molar-refractivity contribution in [2.24, 2.45) is 0 Å². The van der Waals surface area contributed by atoms with Crippen molar-refractivity contribution in [3.05, 3.63) is 57.8 Å². The Morgan fingerprint density at radius 3 is 2.80 bits per heavy atom. The first kappa shape index (κ1) is 14.7. The highest BCUT2D eigenvalue weighted by molar-refractivity contribution is 9.10. The molecule has 0 saturated heterocycles. The number of hydrogen-bond acceptors (Lipinski definition) is 3. The van der Waals surface area contributed by atoms with Crippen molar-refractivity contribution < 1.29 is 9.53 Å². The summed E-state index contributed by atoms with van der Waals surface area (Å²) in [5.74, 6) is 0.847. The summed E-state index contributed by atoms with van der Waals surface area (Å²) in [6.45, 7) is 2.02. The van der Waals surface area contributed by atoms with Crippen LogP contribution in [0.4, 0.5) is 0 Å².